The van der Waals surface area contributed by atoms with Gasteiger partial charge in [0.25, 0.3) is 0 Å². The molecule has 1 aromatic heterocycles. The van der Waals surface area contributed by atoms with Crippen LogP contribution in [-0.4, -0.2) is 67.3 Å². The maximum absolute atomic E-state index is 13.2. The average Bonchev–Trinajstić information content (AvgIpc) is 3.55. The van der Waals surface area contributed by atoms with Crippen LogP contribution in [0.25, 0.3) is 0 Å². The standard InChI is InChI=1S/C19H18ClF3N4O3S/c20-14-5-1-2-6-16(14)31(29,30)27-12-15(27)18(28)26-10-8-25(9-11-26)17-13(19(21,22)23)4-3-7-24-17/h1-7,15H,8-12H2/t15?,27-/m0/s1. The van der Waals surface area contributed by atoms with Crippen LogP contribution in [0.5, 0.6) is 0 Å². The fourth-order valence-corrected chi connectivity index (χ4v) is 5.60. The van der Waals surface area contributed by atoms with Crippen molar-refractivity contribution in [2.75, 3.05) is 37.6 Å². The molecular formula is C19H18ClF3N4O3S. The summed E-state index contributed by atoms with van der Waals surface area (Å²) in [6, 6.07) is 7.37. The van der Waals surface area contributed by atoms with Gasteiger partial charge in [-0.25, -0.2) is 13.4 Å². The second-order valence-corrected chi connectivity index (χ2v) is 9.47. The van der Waals surface area contributed by atoms with E-state index in [4.69, 9.17) is 11.6 Å². The predicted molar refractivity (Wildman–Crippen MR) is 107 cm³/mol. The van der Waals surface area contributed by atoms with E-state index in [0.717, 1.165) is 10.4 Å². The summed E-state index contributed by atoms with van der Waals surface area (Å²) in [5, 5.41) is 0.0741. The lowest BCUT2D eigenvalue weighted by Gasteiger charge is -2.36. The molecule has 1 unspecified atom stereocenters. The predicted octanol–water partition coefficient (Wildman–Crippen LogP) is 2.48. The van der Waals surface area contributed by atoms with Crippen molar-refractivity contribution in [3.05, 3.63) is 53.2 Å². The maximum Gasteiger partial charge on any atom is 0.419 e. The number of carbonyl (C=O) groups excluding carboxylic acids is 1. The van der Waals surface area contributed by atoms with Crippen molar-refractivity contribution in [3.8, 4) is 0 Å². The van der Waals surface area contributed by atoms with Gasteiger partial charge in [-0.1, -0.05) is 23.7 Å². The largest absolute Gasteiger partial charge is 0.419 e. The SMILES string of the molecule is O=C(C1C[N@]1S(=O)(=O)c1ccccc1Cl)N1CCN(c2ncccc2C(F)(F)F)CC1. The minimum atomic E-state index is -4.53. The Morgan fingerprint density at radius 3 is 2.39 bits per heavy atom. The van der Waals surface area contributed by atoms with Crippen molar-refractivity contribution in [1.29, 1.82) is 0 Å². The number of carbonyl (C=O) groups is 1. The number of halogens is 4. The molecule has 3 heterocycles. The fraction of sp³-hybridized carbons (Fsp3) is 0.368. The highest BCUT2D eigenvalue weighted by molar-refractivity contribution is 7.89. The first-order valence-electron chi connectivity index (χ1n) is 9.43. The normalized spacial score (nSPS) is 21.8. The zero-order chi connectivity index (χ0) is 22.4. The van der Waals surface area contributed by atoms with Crippen LogP contribution in [0.3, 0.4) is 0 Å². The van der Waals surface area contributed by atoms with E-state index in [1.807, 2.05) is 0 Å². The highest BCUT2D eigenvalue weighted by atomic mass is 35.5. The molecule has 0 spiro atoms. The van der Waals surface area contributed by atoms with Crippen molar-refractivity contribution in [3.63, 3.8) is 0 Å². The van der Waals surface area contributed by atoms with E-state index in [0.29, 0.717) is 0 Å². The third-order valence-electron chi connectivity index (χ3n) is 5.26. The van der Waals surface area contributed by atoms with E-state index in [-0.39, 0.29) is 54.4 Å². The molecule has 2 fully saturated rings. The van der Waals surface area contributed by atoms with Crippen LogP contribution in [0.15, 0.2) is 47.5 Å². The summed E-state index contributed by atoms with van der Waals surface area (Å²) in [7, 11) is -3.90. The van der Waals surface area contributed by atoms with E-state index in [1.54, 1.807) is 12.1 Å². The van der Waals surface area contributed by atoms with E-state index in [9.17, 15) is 26.4 Å². The molecule has 2 atom stereocenters. The number of nitrogens with zero attached hydrogens (tertiary/aromatic N) is 4. The van der Waals surface area contributed by atoms with Crippen LogP contribution < -0.4 is 4.90 Å². The van der Waals surface area contributed by atoms with Gasteiger partial charge in [-0.3, -0.25) is 4.79 Å². The van der Waals surface area contributed by atoms with Crippen molar-refractivity contribution in [1.82, 2.24) is 14.2 Å². The Morgan fingerprint density at radius 1 is 1.06 bits per heavy atom. The Morgan fingerprint density at radius 2 is 1.74 bits per heavy atom. The first kappa shape index (κ1) is 21.8. The number of alkyl halides is 3. The summed E-state index contributed by atoms with van der Waals surface area (Å²) in [5.41, 5.74) is -0.825. The first-order chi connectivity index (χ1) is 14.6. The van der Waals surface area contributed by atoms with Gasteiger partial charge in [0.05, 0.1) is 10.6 Å². The number of piperazine rings is 1. The first-order valence-corrected chi connectivity index (χ1v) is 11.2. The number of benzene rings is 1. The molecule has 7 nitrogen and oxygen atoms in total. The van der Waals surface area contributed by atoms with Crippen LogP contribution in [-0.2, 0) is 21.0 Å². The fourth-order valence-electron chi connectivity index (χ4n) is 3.59. The topological polar surface area (TPSA) is 73.6 Å². The maximum atomic E-state index is 13.2. The molecule has 0 N–H and O–H groups in total. The summed E-state index contributed by atoms with van der Waals surface area (Å²) in [6.45, 7) is 0.711. The summed E-state index contributed by atoms with van der Waals surface area (Å²) in [4.78, 5) is 19.5. The smallest absolute Gasteiger partial charge is 0.353 e. The summed E-state index contributed by atoms with van der Waals surface area (Å²) in [6.07, 6.45) is -3.23. The lowest BCUT2D eigenvalue weighted by Crippen LogP contribution is -2.51. The van der Waals surface area contributed by atoms with Crippen LogP contribution in [0.4, 0.5) is 19.0 Å². The molecule has 2 saturated heterocycles. The Hall–Kier alpha value is -2.37. The number of sulfonamides is 1. The van der Waals surface area contributed by atoms with Crippen LogP contribution in [0, 0.1) is 0 Å². The molecule has 12 heteroatoms. The molecule has 31 heavy (non-hydrogen) atoms. The van der Waals surface area contributed by atoms with Crippen molar-refractivity contribution >= 4 is 33.3 Å². The second kappa shape index (κ2) is 7.95. The van der Waals surface area contributed by atoms with Gasteiger partial charge in [0, 0.05) is 38.9 Å². The monoisotopic (exact) mass is 474 g/mol. The second-order valence-electron chi connectivity index (χ2n) is 7.21. The Bertz CT molecular complexity index is 1100. The molecule has 0 saturated carbocycles. The molecule has 166 valence electrons. The van der Waals surface area contributed by atoms with Crippen molar-refractivity contribution in [2.45, 2.75) is 17.1 Å². The average molecular weight is 475 g/mol. The van der Waals surface area contributed by atoms with Gasteiger partial charge in [-0.15, -0.1) is 0 Å². The van der Waals surface area contributed by atoms with E-state index in [2.05, 4.69) is 4.98 Å². The van der Waals surface area contributed by atoms with Crippen LogP contribution >= 0.6 is 11.6 Å². The highest BCUT2D eigenvalue weighted by Crippen LogP contribution is 2.36. The van der Waals surface area contributed by atoms with E-state index >= 15 is 0 Å². The third kappa shape index (κ3) is 4.21. The Labute approximate surface area is 182 Å². The zero-order valence-corrected chi connectivity index (χ0v) is 17.7. The number of rotatable bonds is 4. The third-order valence-corrected chi connectivity index (χ3v) is 7.63. The molecule has 2 aromatic rings. The number of aromatic nitrogens is 1. The molecule has 1 aromatic carbocycles. The van der Waals surface area contributed by atoms with Crippen molar-refractivity contribution < 1.29 is 26.4 Å². The van der Waals surface area contributed by atoms with Crippen LogP contribution in [0.1, 0.15) is 5.56 Å². The van der Waals surface area contributed by atoms with Gasteiger partial charge in [-0.05, 0) is 24.3 Å². The molecule has 0 aliphatic carbocycles. The van der Waals surface area contributed by atoms with Gasteiger partial charge in [-0.2, -0.15) is 17.5 Å². The molecule has 1 amide bonds. The highest BCUT2D eigenvalue weighted by Gasteiger charge is 2.51. The van der Waals surface area contributed by atoms with E-state index < -0.39 is 27.8 Å². The quantitative estimate of drug-likeness (QED) is 0.637. The molecular weight excluding hydrogens is 457 g/mol. The lowest BCUT2D eigenvalue weighted by atomic mass is 10.2. The number of pyridine rings is 1. The Kier molecular flexibility index (Phi) is 5.61. The number of hydrogen-bond acceptors (Lipinski definition) is 5. The molecule has 0 radical (unpaired) electrons. The molecule has 2 aliphatic heterocycles. The number of amides is 1. The molecule has 2 aliphatic rings. The molecule has 4 rings (SSSR count). The van der Waals surface area contributed by atoms with Crippen LogP contribution in [0.2, 0.25) is 5.02 Å². The summed E-state index contributed by atoms with van der Waals surface area (Å²) >= 11 is 5.98. The number of hydrogen-bond donors (Lipinski definition) is 0. The lowest BCUT2D eigenvalue weighted by molar-refractivity contribution is -0.137. The van der Waals surface area contributed by atoms with Gasteiger partial charge >= 0.3 is 6.18 Å². The van der Waals surface area contributed by atoms with Gasteiger partial charge < -0.3 is 9.80 Å². The van der Waals surface area contributed by atoms with Crippen molar-refractivity contribution in [2.24, 2.45) is 0 Å². The van der Waals surface area contributed by atoms with E-state index in [1.165, 1.54) is 34.2 Å². The zero-order valence-electron chi connectivity index (χ0n) is 16.1. The Balaban J connectivity index is 1.41. The van der Waals surface area contributed by atoms with Gasteiger partial charge in [0.2, 0.25) is 15.9 Å². The van der Waals surface area contributed by atoms with Gasteiger partial charge in [0.1, 0.15) is 16.8 Å². The van der Waals surface area contributed by atoms with Gasteiger partial charge in [0.15, 0.2) is 0 Å². The summed E-state index contributed by atoms with van der Waals surface area (Å²) < 4.78 is 66.3. The minimum Gasteiger partial charge on any atom is -0.353 e. The minimum absolute atomic E-state index is 0.0467. The summed E-state index contributed by atoms with van der Waals surface area (Å²) in [5.74, 6) is -0.538. The number of anilines is 1. The molecule has 0 bridgehead atoms.